The summed E-state index contributed by atoms with van der Waals surface area (Å²) < 4.78 is 18.2. The summed E-state index contributed by atoms with van der Waals surface area (Å²) >= 11 is 14.5. The van der Waals surface area contributed by atoms with Crippen LogP contribution in [0, 0.1) is 0 Å². The molecule has 0 bridgehead atoms. The van der Waals surface area contributed by atoms with Gasteiger partial charge in [-0.15, -0.1) is 0 Å². The number of nitrogens with zero attached hydrogens (tertiary/aromatic N) is 1. The number of ether oxygens (including phenoxy) is 3. The Bertz CT molecular complexity index is 2130. The van der Waals surface area contributed by atoms with Gasteiger partial charge in [0.15, 0.2) is 0 Å². The molecular formula is C46H62Cl2N6O10S. The first-order valence-corrected chi connectivity index (χ1v) is 24.3. The van der Waals surface area contributed by atoms with Crippen LogP contribution in [-0.2, 0) is 39.9 Å². The molecule has 2 aromatic carbocycles. The third-order valence-corrected chi connectivity index (χ3v) is 13.3. The number of benzene rings is 2. The molecule has 4 atom stereocenters. The number of carboxylic acid groups (broad SMARTS) is 1. The number of unbranched alkanes of at least 4 members (excludes halogenated alkanes) is 1. The van der Waals surface area contributed by atoms with Crippen molar-refractivity contribution in [2.75, 3.05) is 65.0 Å². The highest BCUT2D eigenvalue weighted by Crippen LogP contribution is 2.37. The van der Waals surface area contributed by atoms with Crippen LogP contribution in [0.3, 0.4) is 0 Å². The van der Waals surface area contributed by atoms with E-state index in [1.807, 2.05) is 18.7 Å². The summed E-state index contributed by atoms with van der Waals surface area (Å²) in [5.74, 6) is -1.83. The SMILES string of the molecule is CCC[C@H](C(=O)O)c1c(-c2ccc(Cl)cc2)c2cc(Cl)ccc2n(CCNC(=O)CCC(=O)NCCCOCCOCCOCCCNC(=O)CCCC[C@H]2SCC3NC(=O)N[C@H]32)c1=O. The molecule has 65 heavy (non-hydrogen) atoms. The van der Waals surface area contributed by atoms with Gasteiger partial charge in [-0.25, -0.2) is 4.79 Å². The number of hydrogen-bond acceptors (Lipinski definition) is 10. The quantitative estimate of drug-likeness (QED) is 0.0356. The lowest BCUT2D eigenvalue weighted by atomic mass is 9.86. The van der Waals surface area contributed by atoms with Crippen molar-refractivity contribution >= 4 is 75.6 Å². The van der Waals surface area contributed by atoms with Crippen molar-refractivity contribution in [1.29, 1.82) is 0 Å². The van der Waals surface area contributed by atoms with Crippen LogP contribution in [0.15, 0.2) is 47.3 Å². The number of aromatic nitrogens is 1. The number of amides is 5. The van der Waals surface area contributed by atoms with Gasteiger partial charge in [0, 0.05) is 96.2 Å². The lowest BCUT2D eigenvalue weighted by molar-refractivity contribution is -0.139. The third-order valence-electron chi connectivity index (χ3n) is 11.3. The molecule has 0 spiro atoms. The summed E-state index contributed by atoms with van der Waals surface area (Å²) in [6, 6.07) is 12.3. The van der Waals surface area contributed by atoms with Crippen molar-refractivity contribution in [3.63, 3.8) is 0 Å². The van der Waals surface area contributed by atoms with Gasteiger partial charge in [0.05, 0.1) is 49.9 Å². The smallest absolute Gasteiger partial charge is 0.315 e. The zero-order valence-corrected chi connectivity index (χ0v) is 39.3. The van der Waals surface area contributed by atoms with Gasteiger partial charge >= 0.3 is 12.0 Å². The number of carbonyl (C=O) groups is 5. The van der Waals surface area contributed by atoms with E-state index in [2.05, 4.69) is 26.6 Å². The number of carboxylic acids is 1. The average Bonchev–Trinajstić information content (AvgIpc) is 3.84. The van der Waals surface area contributed by atoms with Crippen LogP contribution in [-0.4, -0.2) is 122 Å². The largest absolute Gasteiger partial charge is 0.481 e. The summed E-state index contributed by atoms with van der Waals surface area (Å²) in [7, 11) is 0. The van der Waals surface area contributed by atoms with Crippen molar-refractivity contribution in [1.82, 2.24) is 31.2 Å². The summed E-state index contributed by atoms with van der Waals surface area (Å²) in [5.41, 5.74) is 1.33. The van der Waals surface area contributed by atoms with Crippen LogP contribution in [0.1, 0.15) is 82.6 Å². The number of rotatable bonds is 30. The highest BCUT2D eigenvalue weighted by Gasteiger charge is 2.42. The summed E-state index contributed by atoms with van der Waals surface area (Å²) in [4.78, 5) is 75.6. The molecule has 19 heteroatoms. The predicted octanol–water partition coefficient (Wildman–Crippen LogP) is 5.63. The Labute approximate surface area is 393 Å². The molecule has 1 aromatic heterocycles. The van der Waals surface area contributed by atoms with Crippen LogP contribution in [0.5, 0.6) is 0 Å². The molecule has 16 nitrogen and oxygen atoms in total. The molecule has 3 aromatic rings. The van der Waals surface area contributed by atoms with Crippen LogP contribution in [0.25, 0.3) is 22.0 Å². The highest BCUT2D eigenvalue weighted by molar-refractivity contribution is 8.00. The zero-order valence-electron chi connectivity index (χ0n) is 36.9. The second-order valence-corrected chi connectivity index (χ2v) is 18.2. The molecule has 356 valence electrons. The van der Waals surface area contributed by atoms with Gasteiger partial charge in [0.1, 0.15) is 0 Å². The topological polar surface area (TPSA) is 215 Å². The summed E-state index contributed by atoms with van der Waals surface area (Å²) in [6.45, 7) is 5.57. The van der Waals surface area contributed by atoms with Gasteiger partial charge in [-0.05, 0) is 68.0 Å². The first-order valence-electron chi connectivity index (χ1n) is 22.5. The van der Waals surface area contributed by atoms with E-state index in [9.17, 15) is 33.9 Å². The molecule has 6 N–H and O–H groups in total. The van der Waals surface area contributed by atoms with Crippen molar-refractivity contribution in [3.05, 3.63) is 68.4 Å². The van der Waals surface area contributed by atoms with E-state index < -0.39 is 17.4 Å². The Morgan fingerprint density at radius 3 is 2.02 bits per heavy atom. The Balaban J connectivity index is 0.884. The van der Waals surface area contributed by atoms with Gasteiger partial charge in [0.2, 0.25) is 17.7 Å². The molecule has 2 fully saturated rings. The second kappa shape index (κ2) is 27.3. The van der Waals surface area contributed by atoms with Crippen LogP contribution in [0.2, 0.25) is 10.0 Å². The first kappa shape index (κ1) is 51.6. The lowest BCUT2D eigenvalue weighted by Gasteiger charge is -2.22. The molecule has 2 saturated heterocycles. The molecule has 2 aliphatic heterocycles. The van der Waals surface area contributed by atoms with Crippen LogP contribution >= 0.6 is 35.0 Å². The Hall–Kier alpha value is -4.39. The second-order valence-electron chi connectivity index (χ2n) is 16.1. The fraction of sp³-hybridized carbons (Fsp3) is 0.565. The Morgan fingerprint density at radius 2 is 1.38 bits per heavy atom. The minimum atomic E-state index is -1.11. The fourth-order valence-corrected chi connectivity index (χ4v) is 9.86. The minimum absolute atomic E-state index is 0.0147. The highest BCUT2D eigenvalue weighted by atomic mass is 35.5. The maximum Gasteiger partial charge on any atom is 0.315 e. The molecule has 3 heterocycles. The molecule has 0 saturated carbocycles. The predicted molar refractivity (Wildman–Crippen MR) is 253 cm³/mol. The van der Waals surface area contributed by atoms with E-state index in [4.69, 9.17) is 37.4 Å². The van der Waals surface area contributed by atoms with E-state index in [0.29, 0.717) is 116 Å². The minimum Gasteiger partial charge on any atom is -0.481 e. The van der Waals surface area contributed by atoms with Crippen LogP contribution < -0.4 is 32.1 Å². The van der Waals surface area contributed by atoms with Crippen molar-refractivity contribution in [2.45, 2.75) is 101 Å². The van der Waals surface area contributed by atoms with E-state index >= 15 is 0 Å². The number of aliphatic carboxylic acids is 1. The number of nitrogens with one attached hydrogen (secondary N) is 5. The lowest BCUT2D eigenvalue weighted by Crippen LogP contribution is -2.36. The normalized spacial score (nSPS) is 17.0. The molecule has 0 aliphatic carbocycles. The van der Waals surface area contributed by atoms with E-state index in [0.717, 1.165) is 25.0 Å². The summed E-state index contributed by atoms with van der Waals surface area (Å²) in [6.07, 6.45) is 5.30. The third kappa shape index (κ3) is 16.2. The van der Waals surface area contributed by atoms with E-state index in [-0.39, 0.29) is 73.8 Å². The molecule has 1 unspecified atom stereocenters. The molecule has 5 amide bonds. The average molecular weight is 962 g/mol. The van der Waals surface area contributed by atoms with Crippen molar-refractivity contribution < 1.29 is 43.3 Å². The van der Waals surface area contributed by atoms with Crippen molar-refractivity contribution in [3.8, 4) is 11.1 Å². The maximum absolute atomic E-state index is 14.2. The standard InChI is InChI=1S/C46H62Cl2N6O10S/c1-2-7-33(45(59)60)42-41(30-10-12-31(47)13-11-30)34-28-32(48)14-15-36(34)54(44(42)58)21-20-51-40(57)17-16-39(56)50-19-6-23-63-25-27-64-26-24-62-22-5-18-49-38(55)9-4-3-8-37-43-35(29-65-37)52-46(61)53-43/h10-15,28,33,35,37,43H,2-9,16-27,29H2,1H3,(H,49,55)(H,50,56)(H,51,57)(H,59,60)(H2,52,53,61)/t33-,35?,37+,43+/m0/s1. The van der Waals surface area contributed by atoms with Gasteiger partial charge in [-0.2, -0.15) is 11.8 Å². The Kier molecular flexibility index (Phi) is 21.7. The number of fused-ring (bicyclic) bond motifs is 2. The van der Waals surface area contributed by atoms with E-state index in [1.54, 1.807) is 42.5 Å². The Morgan fingerprint density at radius 1 is 0.785 bits per heavy atom. The molecule has 2 aliphatic rings. The maximum atomic E-state index is 14.2. The van der Waals surface area contributed by atoms with Crippen molar-refractivity contribution in [2.24, 2.45) is 0 Å². The van der Waals surface area contributed by atoms with E-state index in [1.165, 1.54) is 4.57 Å². The molecule has 0 radical (unpaired) electrons. The number of hydrogen-bond donors (Lipinski definition) is 6. The zero-order chi connectivity index (χ0) is 46.6. The summed E-state index contributed by atoms with van der Waals surface area (Å²) in [5, 5.41) is 26.7. The first-order chi connectivity index (χ1) is 31.5. The number of urea groups is 1. The monoisotopic (exact) mass is 960 g/mol. The van der Waals surface area contributed by atoms with Gasteiger partial charge in [-0.1, -0.05) is 55.1 Å². The van der Waals surface area contributed by atoms with Crippen LogP contribution in [0.4, 0.5) is 4.79 Å². The number of pyridine rings is 1. The molecule has 5 rings (SSSR count). The van der Waals surface area contributed by atoms with Gasteiger partial charge in [-0.3, -0.25) is 24.0 Å². The fourth-order valence-electron chi connectivity index (χ4n) is 8.02. The molecular weight excluding hydrogens is 900 g/mol. The van der Waals surface area contributed by atoms with Gasteiger partial charge < -0.3 is 50.5 Å². The number of thioether (sulfide) groups is 1. The number of carbonyl (C=O) groups excluding carboxylic acids is 4. The number of halogens is 2. The van der Waals surface area contributed by atoms with Gasteiger partial charge in [0.25, 0.3) is 5.56 Å².